The topological polar surface area (TPSA) is 83.3 Å². The molecule has 1 heterocycles. The molecule has 1 aromatic heterocycles. The van der Waals surface area contributed by atoms with E-state index in [2.05, 4.69) is 31.1 Å². The molecule has 30 heavy (non-hydrogen) atoms. The molecule has 0 unspecified atom stereocenters. The highest BCUT2D eigenvalue weighted by atomic mass is 32.2. The van der Waals surface area contributed by atoms with Crippen molar-refractivity contribution < 1.29 is 22.3 Å². The van der Waals surface area contributed by atoms with Crippen LogP contribution in [-0.2, 0) is 15.3 Å². The third-order valence-electron chi connectivity index (χ3n) is 4.82. The molecule has 0 saturated carbocycles. The predicted octanol–water partition coefficient (Wildman–Crippen LogP) is 3.86. The Kier molecular flexibility index (Phi) is 5.60. The van der Waals surface area contributed by atoms with Crippen LogP contribution in [0, 0.1) is 12.7 Å². The highest BCUT2D eigenvalue weighted by molar-refractivity contribution is 7.91. The minimum atomic E-state index is -3.90. The summed E-state index contributed by atoms with van der Waals surface area (Å²) in [5.74, 6) is -0.467. The van der Waals surface area contributed by atoms with Gasteiger partial charge in [-0.2, -0.15) is 0 Å². The molecule has 3 aromatic rings. The zero-order valence-corrected chi connectivity index (χ0v) is 18.5. The monoisotopic (exact) mass is 433 g/mol. The second kappa shape index (κ2) is 7.71. The average molecular weight is 434 g/mol. The van der Waals surface area contributed by atoms with Crippen molar-refractivity contribution in [3.63, 3.8) is 0 Å². The van der Waals surface area contributed by atoms with Gasteiger partial charge in [-0.1, -0.05) is 38.1 Å². The highest BCUT2D eigenvalue weighted by Crippen LogP contribution is 2.33. The Hall–Kier alpha value is -2.94. The first-order valence-electron chi connectivity index (χ1n) is 9.20. The van der Waals surface area contributed by atoms with Crippen LogP contribution in [0.5, 0.6) is 11.5 Å². The quantitative estimate of drug-likeness (QED) is 0.608. The van der Waals surface area contributed by atoms with Crippen LogP contribution < -0.4 is 9.47 Å². The number of nitrogens with zero attached hydrogens (tertiary/aromatic N) is 3. The van der Waals surface area contributed by atoms with E-state index in [1.165, 1.54) is 25.0 Å². The van der Waals surface area contributed by atoms with Gasteiger partial charge in [-0.15, -0.1) is 5.10 Å². The second-order valence-corrected chi connectivity index (χ2v) is 9.69. The number of rotatable bonds is 5. The van der Waals surface area contributed by atoms with Gasteiger partial charge in [0.15, 0.2) is 11.6 Å². The molecule has 9 heteroatoms. The lowest BCUT2D eigenvalue weighted by Gasteiger charge is -2.19. The van der Waals surface area contributed by atoms with Gasteiger partial charge in [-0.25, -0.2) is 17.5 Å². The van der Waals surface area contributed by atoms with Crippen molar-refractivity contribution in [2.75, 3.05) is 14.2 Å². The van der Waals surface area contributed by atoms with Crippen molar-refractivity contribution >= 4 is 9.84 Å². The fourth-order valence-corrected chi connectivity index (χ4v) is 4.39. The van der Waals surface area contributed by atoms with E-state index in [0.717, 1.165) is 11.6 Å². The Bertz CT molecular complexity index is 1180. The Morgan fingerprint density at radius 2 is 1.60 bits per heavy atom. The van der Waals surface area contributed by atoms with Crippen molar-refractivity contribution in [3.05, 3.63) is 53.5 Å². The molecule has 0 spiro atoms. The summed E-state index contributed by atoms with van der Waals surface area (Å²) in [6, 6.07) is 9.24. The molecule has 2 aromatic carbocycles. The molecule has 0 N–H and O–H groups in total. The van der Waals surface area contributed by atoms with E-state index in [0.29, 0.717) is 5.69 Å². The van der Waals surface area contributed by atoms with E-state index in [1.54, 1.807) is 31.2 Å². The fourth-order valence-electron chi connectivity index (χ4n) is 3.05. The molecule has 3 rings (SSSR count). The highest BCUT2D eigenvalue weighted by Gasteiger charge is 2.27. The van der Waals surface area contributed by atoms with Crippen LogP contribution in [0.3, 0.4) is 0 Å². The molecule has 0 amide bonds. The summed E-state index contributed by atoms with van der Waals surface area (Å²) in [4.78, 5) is 0.120. The first-order chi connectivity index (χ1) is 14.0. The first-order valence-corrected chi connectivity index (χ1v) is 10.7. The molecule has 0 fully saturated rings. The zero-order chi connectivity index (χ0) is 22.3. The van der Waals surface area contributed by atoms with Gasteiger partial charge >= 0.3 is 0 Å². The minimum absolute atomic E-state index is 0.0251. The molecule has 7 nitrogen and oxygen atoms in total. The van der Waals surface area contributed by atoms with Crippen LogP contribution in [0.4, 0.5) is 4.39 Å². The van der Waals surface area contributed by atoms with Crippen LogP contribution >= 0.6 is 0 Å². The van der Waals surface area contributed by atoms with Crippen LogP contribution in [-0.4, -0.2) is 37.6 Å². The maximum atomic E-state index is 14.0. The fraction of sp³-hybridized carbons (Fsp3) is 0.333. The van der Waals surface area contributed by atoms with E-state index < -0.39 is 15.7 Å². The van der Waals surface area contributed by atoms with Gasteiger partial charge in [0.2, 0.25) is 14.9 Å². The Morgan fingerprint density at radius 3 is 2.13 bits per heavy atom. The lowest BCUT2D eigenvalue weighted by molar-refractivity contribution is 0.375. The molecule has 0 radical (unpaired) electrons. The number of halogens is 1. The first kappa shape index (κ1) is 21.8. The summed E-state index contributed by atoms with van der Waals surface area (Å²) in [7, 11) is -1.19. The molecule has 0 atom stereocenters. The van der Waals surface area contributed by atoms with Crippen LogP contribution in [0.1, 0.15) is 32.0 Å². The molecular weight excluding hydrogens is 409 g/mol. The van der Waals surface area contributed by atoms with Gasteiger partial charge in [-0.3, -0.25) is 0 Å². The lowest BCUT2D eigenvalue weighted by atomic mass is 9.87. The van der Waals surface area contributed by atoms with Gasteiger partial charge in [-0.05, 0) is 30.0 Å². The summed E-state index contributed by atoms with van der Waals surface area (Å²) in [6.45, 7) is 7.73. The smallest absolute Gasteiger partial charge is 0.227 e. The van der Waals surface area contributed by atoms with Crippen LogP contribution in [0.15, 0.2) is 46.3 Å². The number of hydrogen-bond donors (Lipinski definition) is 0. The summed E-state index contributed by atoms with van der Waals surface area (Å²) in [6.07, 6.45) is 0. The Morgan fingerprint density at radius 1 is 1.00 bits per heavy atom. The van der Waals surface area contributed by atoms with E-state index >= 15 is 0 Å². The number of aromatic nitrogens is 3. The van der Waals surface area contributed by atoms with E-state index in [4.69, 9.17) is 9.47 Å². The molecule has 0 bridgehead atoms. The normalized spacial score (nSPS) is 12.1. The van der Waals surface area contributed by atoms with Crippen molar-refractivity contribution in [2.24, 2.45) is 0 Å². The molecule has 160 valence electrons. The van der Waals surface area contributed by atoms with Gasteiger partial charge in [0, 0.05) is 12.1 Å². The third kappa shape index (κ3) is 3.77. The SMILES string of the molecule is COc1cc(-n2nnc(S(=O)(=O)c3ccc(C(C)(C)C)cc3)c2C)c(OC)cc1F. The average Bonchev–Trinajstić information content (AvgIpc) is 3.09. The van der Waals surface area contributed by atoms with Crippen molar-refractivity contribution in [1.29, 1.82) is 0 Å². The standard InChI is InChI=1S/C21H24FN3O4S/c1-13-20(30(26,27)15-9-7-14(8-10-15)21(2,3)4)23-24-25(13)17-12-18(28-5)16(22)11-19(17)29-6/h7-12H,1-6H3. The number of methoxy groups -OCH3 is 2. The Labute approximate surface area is 175 Å². The van der Waals surface area contributed by atoms with E-state index in [9.17, 15) is 12.8 Å². The molecule has 0 saturated heterocycles. The largest absolute Gasteiger partial charge is 0.494 e. The van der Waals surface area contributed by atoms with Crippen molar-refractivity contribution in [2.45, 2.75) is 43.0 Å². The number of ether oxygens (including phenoxy) is 2. The maximum Gasteiger partial charge on any atom is 0.227 e. The second-order valence-electron chi connectivity index (χ2n) is 7.83. The van der Waals surface area contributed by atoms with Gasteiger partial charge < -0.3 is 9.47 Å². The number of hydrogen-bond acceptors (Lipinski definition) is 6. The van der Waals surface area contributed by atoms with Gasteiger partial charge in [0.1, 0.15) is 11.4 Å². The summed E-state index contributed by atoms with van der Waals surface area (Å²) >= 11 is 0. The maximum absolute atomic E-state index is 14.0. The lowest BCUT2D eigenvalue weighted by Crippen LogP contribution is -2.12. The third-order valence-corrected chi connectivity index (χ3v) is 6.60. The predicted molar refractivity (Wildman–Crippen MR) is 110 cm³/mol. The van der Waals surface area contributed by atoms with Crippen molar-refractivity contribution in [1.82, 2.24) is 15.0 Å². The zero-order valence-electron chi connectivity index (χ0n) is 17.7. The summed E-state index contributed by atoms with van der Waals surface area (Å²) in [5, 5.41) is 7.69. The van der Waals surface area contributed by atoms with Gasteiger partial charge in [0.05, 0.1) is 24.8 Å². The molecular formula is C21H24FN3O4S. The molecule has 0 aliphatic carbocycles. The van der Waals surface area contributed by atoms with Gasteiger partial charge in [0.25, 0.3) is 0 Å². The Balaban J connectivity index is 2.09. The summed E-state index contributed by atoms with van der Waals surface area (Å²) < 4.78 is 51.9. The summed E-state index contributed by atoms with van der Waals surface area (Å²) in [5.41, 5.74) is 1.50. The van der Waals surface area contributed by atoms with Crippen LogP contribution in [0.25, 0.3) is 5.69 Å². The van der Waals surface area contributed by atoms with Crippen LogP contribution in [0.2, 0.25) is 0 Å². The van der Waals surface area contributed by atoms with E-state index in [-0.39, 0.29) is 32.5 Å². The van der Waals surface area contributed by atoms with E-state index in [1.807, 2.05) is 0 Å². The molecule has 0 aliphatic heterocycles. The minimum Gasteiger partial charge on any atom is -0.494 e. The number of benzene rings is 2. The molecule has 0 aliphatic rings. The van der Waals surface area contributed by atoms with Crippen molar-refractivity contribution in [3.8, 4) is 17.2 Å². The number of sulfone groups is 1.